The zero-order valence-electron chi connectivity index (χ0n) is 13.3. The van der Waals surface area contributed by atoms with Crippen molar-refractivity contribution >= 4 is 40.1 Å². The van der Waals surface area contributed by atoms with Crippen LogP contribution < -0.4 is 15.8 Å². The Morgan fingerprint density at radius 1 is 1.20 bits per heavy atom. The van der Waals surface area contributed by atoms with Crippen molar-refractivity contribution in [2.45, 2.75) is 6.92 Å². The number of benzene rings is 2. The molecule has 0 saturated carbocycles. The molecule has 1 heterocycles. The number of amides is 2. The number of fused-ring (bicyclic) bond motifs is 1. The Morgan fingerprint density at radius 3 is 2.60 bits per heavy atom. The van der Waals surface area contributed by atoms with Crippen molar-refractivity contribution in [3.8, 4) is 5.75 Å². The lowest BCUT2D eigenvalue weighted by molar-refractivity contribution is -0.119. The standard InChI is InChI=1S/C18H15ClN2O4/c1-10-14-8-11(19)2-7-15(14)25-17(10)18(23)21-12-3-5-13(6-4-12)24-9-16(20)22/h2-8H,9H2,1H3,(H2,20,22)(H,21,23). The summed E-state index contributed by atoms with van der Waals surface area (Å²) in [7, 11) is 0. The number of carbonyl (C=O) groups is 2. The van der Waals surface area contributed by atoms with Crippen LogP contribution in [0.15, 0.2) is 46.9 Å². The summed E-state index contributed by atoms with van der Waals surface area (Å²) in [5.41, 5.74) is 6.90. The first kappa shape index (κ1) is 16.9. The number of nitrogens with two attached hydrogens (primary N) is 1. The third-order valence-electron chi connectivity index (χ3n) is 3.60. The summed E-state index contributed by atoms with van der Waals surface area (Å²) in [5.74, 6) is -0.217. The van der Waals surface area contributed by atoms with Gasteiger partial charge >= 0.3 is 0 Å². The summed E-state index contributed by atoms with van der Waals surface area (Å²) in [6.07, 6.45) is 0. The third-order valence-corrected chi connectivity index (χ3v) is 3.83. The molecule has 25 heavy (non-hydrogen) atoms. The van der Waals surface area contributed by atoms with Gasteiger partial charge in [-0.25, -0.2) is 0 Å². The largest absolute Gasteiger partial charge is 0.484 e. The number of primary amides is 1. The van der Waals surface area contributed by atoms with Crippen LogP contribution in [0.4, 0.5) is 5.69 Å². The molecule has 0 fully saturated rings. The number of furan rings is 1. The number of ether oxygens (including phenoxy) is 1. The zero-order valence-corrected chi connectivity index (χ0v) is 14.1. The Balaban J connectivity index is 1.76. The molecule has 0 radical (unpaired) electrons. The minimum Gasteiger partial charge on any atom is -0.484 e. The molecule has 3 aromatic rings. The molecule has 0 atom stereocenters. The SMILES string of the molecule is Cc1c(C(=O)Nc2ccc(OCC(N)=O)cc2)oc2ccc(Cl)cc12. The minimum atomic E-state index is -0.558. The molecule has 0 spiro atoms. The van der Waals surface area contributed by atoms with Gasteiger partial charge in [-0.05, 0) is 49.4 Å². The van der Waals surface area contributed by atoms with Crippen molar-refractivity contribution in [1.29, 1.82) is 0 Å². The van der Waals surface area contributed by atoms with E-state index >= 15 is 0 Å². The lowest BCUT2D eigenvalue weighted by Crippen LogP contribution is -2.20. The van der Waals surface area contributed by atoms with E-state index in [1.165, 1.54) is 0 Å². The number of anilines is 1. The second-order valence-corrected chi connectivity index (χ2v) is 5.87. The van der Waals surface area contributed by atoms with Crippen molar-refractivity contribution in [3.05, 3.63) is 58.8 Å². The van der Waals surface area contributed by atoms with Gasteiger partial charge in [0.2, 0.25) is 0 Å². The molecule has 0 aliphatic heterocycles. The first-order chi connectivity index (χ1) is 11.9. The van der Waals surface area contributed by atoms with Crippen LogP contribution in [0.1, 0.15) is 16.1 Å². The summed E-state index contributed by atoms with van der Waals surface area (Å²) in [4.78, 5) is 23.1. The topological polar surface area (TPSA) is 94.6 Å². The summed E-state index contributed by atoms with van der Waals surface area (Å²) in [5, 5.41) is 4.13. The number of hydrogen-bond donors (Lipinski definition) is 2. The summed E-state index contributed by atoms with van der Waals surface area (Å²) in [6.45, 7) is 1.60. The van der Waals surface area contributed by atoms with Gasteiger partial charge in [0.1, 0.15) is 11.3 Å². The van der Waals surface area contributed by atoms with Crippen LogP contribution in [-0.2, 0) is 4.79 Å². The van der Waals surface area contributed by atoms with E-state index in [9.17, 15) is 9.59 Å². The fraction of sp³-hybridized carbons (Fsp3) is 0.111. The van der Waals surface area contributed by atoms with E-state index < -0.39 is 5.91 Å². The van der Waals surface area contributed by atoms with Gasteiger partial charge in [-0.15, -0.1) is 0 Å². The number of aryl methyl sites for hydroxylation is 1. The van der Waals surface area contributed by atoms with E-state index in [1.54, 1.807) is 49.4 Å². The highest BCUT2D eigenvalue weighted by Gasteiger charge is 2.18. The zero-order chi connectivity index (χ0) is 18.0. The average Bonchev–Trinajstić information content (AvgIpc) is 2.91. The van der Waals surface area contributed by atoms with Gasteiger partial charge in [0.05, 0.1) is 0 Å². The maximum Gasteiger partial charge on any atom is 0.291 e. The van der Waals surface area contributed by atoms with E-state index in [0.717, 1.165) is 10.9 Å². The summed E-state index contributed by atoms with van der Waals surface area (Å²) in [6, 6.07) is 11.8. The quantitative estimate of drug-likeness (QED) is 0.729. The Kier molecular flexibility index (Phi) is 4.63. The highest BCUT2D eigenvalue weighted by atomic mass is 35.5. The summed E-state index contributed by atoms with van der Waals surface area (Å²) < 4.78 is 10.8. The van der Waals surface area contributed by atoms with Crippen molar-refractivity contribution in [2.24, 2.45) is 5.73 Å². The lowest BCUT2D eigenvalue weighted by atomic mass is 10.1. The molecule has 0 unspecified atom stereocenters. The normalized spacial score (nSPS) is 10.6. The van der Waals surface area contributed by atoms with E-state index in [1.807, 2.05) is 0 Å². The van der Waals surface area contributed by atoms with Crippen LogP contribution in [0, 0.1) is 6.92 Å². The van der Waals surface area contributed by atoms with Crippen molar-refractivity contribution in [1.82, 2.24) is 0 Å². The van der Waals surface area contributed by atoms with E-state index in [-0.39, 0.29) is 18.3 Å². The van der Waals surface area contributed by atoms with Crippen molar-refractivity contribution in [2.75, 3.05) is 11.9 Å². The second-order valence-electron chi connectivity index (χ2n) is 5.43. The number of rotatable bonds is 5. The molecular weight excluding hydrogens is 344 g/mol. The molecule has 2 amide bonds. The van der Waals surface area contributed by atoms with Gasteiger partial charge in [0.25, 0.3) is 11.8 Å². The minimum absolute atomic E-state index is 0.202. The van der Waals surface area contributed by atoms with Crippen LogP contribution in [-0.4, -0.2) is 18.4 Å². The second kappa shape index (κ2) is 6.86. The van der Waals surface area contributed by atoms with Crippen molar-refractivity contribution in [3.63, 3.8) is 0 Å². The predicted octanol–water partition coefficient (Wildman–Crippen LogP) is 3.51. The molecule has 0 bridgehead atoms. The van der Waals surface area contributed by atoms with Crippen LogP contribution in [0.25, 0.3) is 11.0 Å². The molecule has 0 saturated heterocycles. The maximum absolute atomic E-state index is 12.5. The number of carbonyl (C=O) groups excluding carboxylic acids is 2. The van der Waals surface area contributed by atoms with E-state index in [4.69, 9.17) is 26.5 Å². The van der Waals surface area contributed by atoms with Crippen molar-refractivity contribution < 1.29 is 18.7 Å². The van der Waals surface area contributed by atoms with Gasteiger partial charge in [0.15, 0.2) is 12.4 Å². The molecule has 3 N–H and O–H groups in total. The van der Waals surface area contributed by atoms with Crippen LogP contribution in [0.5, 0.6) is 5.75 Å². The van der Waals surface area contributed by atoms with E-state index in [0.29, 0.717) is 22.0 Å². The van der Waals surface area contributed by atoms with Crippen LogP contribution >= 0.6 is 11.6 Å². The molecule has 1 aromatic heterocycles. The molecule has 2 aromatic carbocycles. The van der Waals surface area contributed by atoms with Gasteiger partial charge < -0.3 is 20.2 Å². The Bertz CT molecular complexity index is 948. The first-order valence-electron chi connectivity index (χ1n) is 7.45. The fourth-order valence-electron chi connectivity index (χ4n) is 2.39. The first-order valence-corrected chi connectivity index (χ1v) is 7.83. The van der Waals surface area contributed by atoms with Gasteiger partial charge in [-0.2, -0.15) is 0 Å². The predicted molar refractivity (Wildman–Crippen MR) is 95.0 cm³/mol. The van der Waals surface area contributed by atoms with Gasteiger partial charge in [-0.3, -0.25) is 9.59 Å². The number of nitrogens with one attached hydrogen (secondary N) is 1. The fourth-order valence-corrected chi connectivity index (χ4v) is 2.56. The molecule has 0 aliphatic carbocycles. The smallest absolute Gasteiger partial charge is 0.291 e. The molecular formula is C18H15ClN2O4. The Labute approximate surface area is 148 Å². The van der Waals surface area contributed by atoms with E-state index in [2.05, 4.69) is 5.32 Å². The molecule has 128 valence electrons. The van der Waals surface area contributed by atoms with Gasteiger partial charge in [0, 0.05) is 21.7 Å². The number of halogens is 1. The Morgan fingerprint density at radius 2 is 1.92 bits per heavy atom. The van der Waals surface area contributed by atoms with Crippen LogP contribution in [0.2, 0.25) is 5.02 Å². The highest BCUT2D eigenvalue weighted by molar-refractivity contribution is 6.31. The van der Waals surface area contributed by atoms with Crippen LogP contribution in [0.3, 0.4) is 0 Å². The third kappa shape index (κ3) is 3.75. The highest BCUT2D eigenvalue weighted by Crippen LogP contribution is 2.28. The summed E-state index contributed by atoms with van der Waals surface area (Å²) >= 11 is 5.99. The average molecular weight is 359 g/mol. The Hall–Kier alpha value is -2.99. The lowest BCUT2D eigenvalue weighted by Gasteiger charge is -2.06. The molecule has 0 aliphatic rings. The molecule has 3 rings (SSSR count). The monoisotopic (exact) mass is 358 g/mol. The molecule has 6 nitrogen and oxygen atoms in total. The molecule has 7 heteroatoms. The number of hydrogen-bond acceptors (Lipinski definition) is 4. The maximum atomic E-state index is 12.5. The van der Waals surface area contributed by atoms with Gasteiger partial charge in [-0.1, -0.05) is 11.6 Å².